The van der Waals surface area contributed by atoms with Gasteiger partial charge in [-0.2, -0.15) is 0 Å². The van der Waals surface area contributed by atoms with E-state index in [2.05, 4.69) is 5.32 Å². The number of carbonyl (C=O) groups excluding carboxylic acids is 2. The third kappa shape index (κ3) is 3.59. The molecule has 0 bridgehead atoms. The number of nitrogens with zero attached hydrogens (tertiary/aromatic N) is 1. The number of anilines is 1. The van der Waals surface area contributed by atoms with Crippen LogP contribution in [0.4, 0.5) is 10.1 Å². The van der Waals surface area contributed by atoms with Crippen LogP contribution < -0.4 is 5.32 Å². The van der Waals surface area contributed by atoms with Gasteiger partial charge in [-0.15, -0.1) is 11.3 Å². The number of thiophene rings is 1. The van der Waals surface area contributed by atoms with E-state index in [1.54, 1.807) is 41.7 Å². The number of rotatable bonds is 5. The third-order valence-electron chi connectivity index (χ3n) is 4.51. The first kappa shape index (κ1) is 18.1. The molecule has 1 N–H and O–H groups in total. The Balaban J connectivity index is 1.68. The van der Waals surface area contributed by atoms with E-state index < -0.39 is 0 Å². The molecule has 140 valence electrons. The molecule has 0 atom stereocenters. The molecule has 1 amide bonds. The normalized spacial score (nSPS) is 10.9. The van der Waals surface area contributed by atoms with E-state index in [4.69, 9.17) is 0 Å². The zero-order valence-corrected chi connectivity index (χ0v) is 15.9. The Hall–Kier alpha value is -3.25. The van der Waals surface area contributed by atoms with Crippen LogP contribution >= 0.6 is 11.3 Å². The highest BCUT2D eigenvalue weighted by molar-refractivity contribution is 7.17. The van der Waals surface area contributed by atoms with E-state index in [9.17, 15) is 14.0 Å². The van der Waals surface area contributed by atoms with E-state index in [1.165, 1.54) is 19.1 Å². The molecule has 0 fully saturated rings. The summed E-state index contributed by atoms with van der Waals surface area (Å²) in [6.45, 7) is 1.87. The Labute approximate surface area is 165 Å². The fraction of sp³-hybridized carbons (Fsp3) is 0.0909. The molecule has 0 aliphatic heterocycles. The maximum Gasteiger partial charge on any atom is 0.272 e. The molecular formula is C22H17FN2O2S. The van der Waals surface area contributed by atoms with Crippen molar-refractivity contribution in [3.63, 3.8) is 0 Å². The molecule has 2 heterocycles. The summed E-state index contributed by atoms with van der Waals surface area (Å²) in [6, 6.07) is 17.0. The van der Waals surface area contributed by atoms with Crippen LogP contribution in [-0.2, 0) is 6.54 Å². The van der Waals surface area contributed by atoms with Crippen molar-refractivity contribution in [2.24, 2.45) is 0 Å². The van der Waals surface area contributed by atoms with E-state index in [-0.39, 0.29) is 17.5 Å². The van der Waals surface area contributed by atoms with Gasteiger partial charge in [-0.05, 0) is 54.3 Å². The second-order valence-corrected chi connectivity index (χ2v) is 7.45. The molecule has 2 aromatic heterocycles. The fourth-order valence-electron chi connectivity index (χ4n) is 3.16. The molecule has 0 radical (unpaired) electrons. The van der Waals surface area contributed by atoms with Crippen molar-refractivity contribution in [3.8, 4) is 0 Å². The van der Waals surface area contributed by atoms with Crippen molar-refractivity contribution in [2.45, 2.75) is 13.5 Å². The monoisotopic (exact) mass is 392 g/mol. The number of aromatic nitrogens is 1. The lowest BCUT2D eigenvalue weighted by molar-refractivity contribution is 0.100. The Morgan fingerprint density at radius 3 is 2.68 bits per heavy atom. The molecule has 0 unspecified atom stereocenters. The number of benzene rings is 2. The summed E-state index contributed by atoms with van der Waals surface area (Å²) in [5.74, 6) is -0.648. The SMILES string of the molecule is CC(=O)c1cccc(NC(=O)c2cc3sccc3n2Cc2cccc(F)c2)c1. The van der Waals surface area contributed by atoms with Crippen LogP contribution in [0.1, 0.15) is 33.3 Å². The van der Waals surface area contributed by atoms with Crippen LogP contribution in [0.15, 0.2) is 66.0 Å². The van der Waals surface area contributed by atoms with Gasteiger partial charge in [0.1, 0.15) is 11.5 Å². The van der Waals surface area contributed by atoms with E-state index in [1.807, 2.05) is 28.1 Å². The molecule has 2 aromatic carbocycles. The summed E-state index contributed by atoms with van der Waals surface area (Å²) in [5.41, 5.74) is 3.28. The van der Waals surface area contributed by atoms with Crippen LogP contribution in [0.2, 0.25) is 0 Å². The minimum atomic E-state index is -0.307. The summed E-state index contributed by atoms with van der Waals surface area (Å²) >= 11 is 1.55. The zero-order chi connectivity index (χ0) is 19.7. The number of Topliss-reactive ketones (excluding diaryl/α,β-unsaturated/α-hetero) is 1. The maximum absolute atomic E-state index is 13.6. The smallest absolute Gasteiger partial charge is 0.272 e. The molecule has 0 aliphatic carbocycles. The number of carbonyl (C=O) groups is 2. The predicted octanol–water partition coefficient (Wildman–Crippen LogP) is 5.35. The van der Waals surface area contributed by atoms with Crippen molar-refractivity contribution in [2.75, 3.05) is 5.32 Å². The van der Waals surface area contributed by atoms with Crippen molar-refractivity contribution in [3.05, 3.63) is 88.7 Å². The lowest BCUT2D eigenvalue weighted by atomic mass is 10.1. The van der Waals surface area contributed by atoms with Crippen molar-refractivity contribution >= 4 is 38.9 Å². The Bertz CT molecular complexity index is 1190. The summed E-state index contributed by atoms with van der Waals surface area (Å²) in [7, 11) is 0. The zero-order valence-electron chi connectivity index (χ0n) is 15.1. The number of ketones is 1. The number of hydrogen-bond acceptors (Lipinski definition) is 3. The van der Waals surface area contributed by atoms with Gasteiger partial charge in [0.2, 0.25) is 0 Å². The van der Waals surface area contributed by atoms with Gasteiger partial charge in [0.05, 0.1) is 10.2 Å². The lowest BCUT2D eigenvalue weighted by Gasteiger charge is -2.11. The standard InChI is InChI=1S/C22H17FN2O2S/c1-14(26)16-5-3-7-18(11-16)24-22(27)20-12-21-19(8-9-28-21)25(20)13-15-4-2-6-17(23)10-15/h2-12H,13H2,1H3,(H,24,27). The lowest BCUT2D eigenvalue weighted by Crippen LogP contribution is -2.17. The van der Waals surface area contributed by atoms with E-state index >= 15 is 0 Å². The van der Waals surface area contributed by atoms with Gasteiger partial charge in [0.15, 0.2) is 5.78 Å². The Morgan fingerprint density at radius 2 is 1.89 bits per heavy atom. The minimum absolute atomic E-state index is 0.0638. The van der Waals surface area contributed by atoms with Crippen LogP contribution in [0.5, 0.6) is 0 Å². The summed E-state index contributed by atoms with van der Waals surface area (Å²) in [4.78, 5) is 24.5. The van der Waals surface area contributed by atoms with Gasteiger partial charge in [0, 0.05) is 17.8 Å². The number of amides is 1. The highest BCUT2D eigenvalue weighted by atomic mass is 32.1. The Morgan fingerprint density at radius 1 is 1.07 bits per heavy atom. The van der Waals surface area contributed by atoms with Gasteiger partial charge >= 0.3 is 0 Å². The number of fused-ring (bicyclic) bond motifs is 1. The second-order valence-electron chi connectivity index (χ2n) is 6.51. The van der Waals surface area contributed by atoms with Crippen LogP contribution in [0.3, 0.4) is 0 Å². The maximum atomic E-state index is 13.6. The number of halogens is 1. The van der Waals surface area contributed by atoms with Gasteiger partial charge in [-0.25, -0.2) is 4.39 Å². The minimum Gasteiger partial charge on any atom is -0.331 e. The average Bonchev–Trinajstić information content (AvgIpc) is 3.25. The highest BCUT2D eigenvalue weighted by Gasteiger charge is 2.17. The first-order valence-corrected chi connectivity index (χ1v) is 9.63. The molecule has 0 saturated heterocycles. The number of hydrogen-bond donors (Lipinski definition) is 1. The molecule has 4 aromatic rings. The largest absolute Gasteiger partial charge is 0.331 e. The molecule has 4 nitrogen and oxygen atoms in total. The molecular weight excluding hydrogens is 375 g/mol. The van der Waals surface area contributed by atoms with Crippen molar-refractivity contribution in [1.29, 1.82) is 0 Å². The van der Waals surface area contributed by atoms with Gasteiger partial charge in [-0.3, -0.25) is 9.59 Å². The molecule has 0 aliphatic rings. The van der Waals surface area contributed by atoms with Gasteiger partial charge < -0.3 is 9.88 Å². The molecule has 4 rings (SSSR count). The summed E-state index contributed by atoms with van der Waals surface area (Å²) < 4.78 is 16.5. The van der Waals surface area contributed by atoms with Gasteiger partial charge in [0.25, 0.3) is 5.91 Å². The van der Waals surface area contributed by atoms with Gasteiger partial charge in [-0.1, -0.05) is 24.3 Å². The molecule has 0 saturated carbocycles. The number of nitrogens with one attached hydrogen (secondary N) is 1. The summed E-state index contributed by atoms with van der Waals surface area (Å²) in [5, 5.41) is 4.82. The second kappa shape index (κ2) is 7.40. The predicted molar refractivity (Wildman–Crippen MR) is 110 cm³/mol. The van der Waals surface area contributed by atoms with Crippen LogP contribution in [0, 0.1) is 5.82 Å². The molecule has 28 heavy (non-hydrogen) atoms. The Kier molecular flexibility index (Phi) is 4.79. The van der Waals surface area contributed by atoms with Crippen LogP contribution in [-0.4, -0.2) is 16.3 Å². The van der Waals surface area contributed by atoms with Crippen molar-refractivity contribution in [1.82, 2.24) is 4.57 Å². The first-order chi connectivity index (χ1) is 13.5. The van der Waals surface area contributed by atoms with Crippen LogP contribution in [0.25, 0.3) is 10.2 Å². The highest BCUT2D eigenvalue weighted by Crippen LogP contribution is 2.27. The average molecular weight is 392 g/mol. The first-order valence-electron chi connectivity index (χ1n) is 8.75. The van der Waals surface area contributed by atoms with Crippen molar-refractivity contribution < 1.29 is 14.0 Å². The summed E-state index contributed by atoms with van der Waals surface area (Å²) in [6.07, 6.45) is 0. The molecule has 6 heteroatoms. The quantitative estimate of drug-likeness (QED) is 0.466. The third-order valence-corrected chi connectivity index (χ3v) is 5.37. The van der Waals surface area contributed by atoms with E-state index in [0.29, 0.717) is 23.5 Å². The molecule has 0 spiro atoms. The van der Waals surface area contributed by atoms with E-state index in [0.717, 1.165) is 15.8 Å². The topological polar surface area (TPSA) is 51.1 Å². The fourth-order valence-corrected chi connectivity index (χ4v) is 3.99.